The van der Waals surface area contributed by atoms with Gasteiger partial charge in [-0.25, -0.2) is 5.01 Å². The number of amides is 2. The zero-order valence-corrected chi connectivity index (χ0v) is 12.0. The predicted octanol–water partition coefficient (Wildman–Crippen LogP) is 2.21. The number of thiophene rings is 1. The normalized spacial score (nSPS) is 10.3. The second-order valence-corrected chi connectivity index (χ2v) is 5.29. The van der Waals surface area contributed by atoms with Gasteiger partial charge in [-0.15, -0.1) is 11.3 Å². The van der Waals surface area contributed by atoms with Crippen LogP contribution < -0.4 is 10.7 Å². The van der Waals surface area contributed by atoms with Crippen molar-refractivity contribution in [3.05, 3.63) is 52.2 Å². The first kappa shape index (κ1) is 14.2. The number of rotatable bonds is 4. The molecule has 0 fully saturated rings. The lowest BCUT2D eigenvalue weighted by molar-refractivity contribution is 0.0856. The number of hydrogen-bond donors (Lipinski definition) is 2. The summed E-state index contributed by atoms with van der Waals surface area (Å²) in [4.78, 5) is 24.2. The average Bonchev–Trinajstić information content (AvgIpc) is 2.92. The van der Waals surface area contributed by atoms with Crippen LogP contribution in [0.4, 0.5) is 5.69 Å². The van der Waals surface area contributed by atoms with Gasteiger partial charge in [-0.05, 0) is 35.7 Å². The molecule has 0 spiro atoms. The molecule has 0 saturated carbocycles. The van der Waals surface area contributed by atoms with Crippen LogP contribution in [0.2, 0.25) is 0 Å². The number of anilines is 1. The molecule has 20 heavy (non-hydrogen) atoms. The van der Waals surface area contributed by atoms with E-state index in [0.29, 0.717) is 16.1 Å². The standard InChI is InChI=1S/C14H15N3O2S/c1-17(2)16-13(18)10-5-7-11(8-6-10)15-14(19)12-4-3-9-20-12/h3-9H,1-2H3,(H,15,19)(H,16,18). The second kappa shape index (κ2) is 6.31. The van der Waals surface area contributed by atoms with Gasteiger partial charge in [0.1, 0.15) is 0 Å². The number of hydrogen-bond acceptors (Lipinski definition) is 4. The van der Waals surface area contributed by atoms with Crippen molar-refractivity contribution in [2.24, 2.45) is 0 Å². The number of carbonyl (C=O) groups excluding carboxylic acids is 2. The van der Waals surface area contributed by atoms with Gasteiger partial charge in [0, 0.05) is 25.3 Å². The van der Waals surface area contributed by atoms with E-state index < -0.39 is 0 Å². The molecular formula is C14H15N3O2S. The van der Waals surface area contributed by atoms with Gasteiger partial charge in [0.2, 0.25) is 0 Å². The molecule has 5 nitrogen and oxygen atoms in total. The van der Waals surface area contributed by atoms with Crippen molar-refractivity contribution in [3.63, 3.8) is 0 Å². The molecule has 6 heteroatoms. The lowest BCUT2D eigenvalue weighted by atomic mass is 10.2. The van der Waals surface area contributed by atoms with Gasteiger partial charge in [-0.1, -0.05) is 6.07 Å². The molecule has 0 aliphatic carbocycles. The zero-order chi connectivity index (χ0) is 14.5. The van der Waals surface area contributed by atoms with Gasteiger partial charge >= 0.3 is 0 Å². The van der Waals surface area contributed by atoms with Gasteiger partial charge in [-0.2, -0.15) is 0 Å². The van der Waals surface area contributed by atoms with E-state index in [4.69, 9.17) is 0 Å². The maximum atomic E-state index is 11.9. The van der Waals surface area contributed by atoms with Gasteiger partial charge < -0.3 is 5.32 Å². The third-order valence-electron chi connectivity index (χ3n) is 2.48. The molecule has 104 valence electrons. The number of nitrogens with one attached hydrogen (secondary N) is 2. The summed E-state index contributed by atoms with van der Waals surface area (Å²) in [7, 11) is 3.49. The Morgan fingerprint density at radius 1 is 1.05 bits per heavy atom. The molecule has 0 radical (unpaired) electrons. The quantitative estimate of drug-likeness (QED) is 0.848. The van der Waals surface area contributed by atoms with E-state index in [2.05, 4.69) is 10.7 Å². The monoisotopic (exact) mass is 289 g/mol. The summed E-state index contributed by atoms with van der Waals surface area (Å²) >= 11 is 1.38. The Bertz CT molecular complexity index is 591. The first-order valence-corrected chi connectivity index (χ1v) is 6.87. The van der Waals surface area contributed by atoms with Crippen molar-refractivity contribution in [1.29, 1.82) is 0 Å². The predicted molar refractivity (Wildman–Crippen MR) is 79.9 cm³/mol. The van der Waals surface area contributed by atoms with Gasteiger partial charge in [0.25, 0.3) is 11.8 Å². The summed E-state index contributed by atoms with van der Waals surface area (Å²) in [6, 6.07) is 10.3. The third-order valence-corrected chi connectivity index (χ3v) is 3.34. The fourth-order valence-corrected chi connectivity index (χ4v) is 2.19. The fourth-order valence-electron chi connectivity index (χ4n) is 1.57. The van der Waals surface area contributed by atoms with Crippen molar-refractivity contribution in [2.45, 2.75) is 0 Å². The Morgan fingerprint density at radius 2 is 1.75 bits per heavy atom. The molecule has 0 bridgehead atoms. The van der Waals surface area contributed by atoms with Crippen LogP contribution in [-0.2, 0) is 0 Å². The van der Waals surface area contributed by atoms with Gasteiger partial charge in [0.15, 0.2) is 0 Å². The van der Waals surface area contributed by atoms with Crippen molar-refractivity contribution in [3.8, 4) is 0 Å². The van der Waals surface area contributed by atoms with Crippen LogP contribution >= 0.6 is 11.3 Å². The maximum absolute atomic E-state index is 11.9. The minimum Gasteiger partial charge on any atom is -0.321 e. The van der Waals surface area contributed by atoms with Crippen LogP contribution in [0.15, 0.2) is 41.8 Å². The Labute approximate surface area is 121 Å². The van der Waals surface area contributed by atoms with E-state index in [9.17, 15) is 9.59 Å². The first-order chi connectivity index (χ1) is 9.56. The highest BCUT2D eigenvalue weighted by molar-refractivity contribution is 7.12. The minimum atomic E-state index is -0.189. The number of nitrogens with zero attached hydrogens (tertiary/aromatic N) is 1. The molecule has 2 N–H and O–H groups in total. The Morgan fingerprint density at radius 3 is 2.30 bits per heavy atom. The summed E-state index contributed by atoms with van der Waals surface area (Å²) in [6.45, 7) is 0. The van der Waals surface area contributed by atoms with Crippen LogP contribution in [0.5, 0.6) is 0 Å². The molecule has 2 rings (SSSR count). The van der Waals surface area contributed by atoms with Crippen LogP contribution in [0.25, 0.3) is 0 Å². The average molecular weight is 289 g/mol. The molecule has 1 aromatic heterocycles. The SMILES string of the molecule is CN(C)NC(=O)c1ccc(NC(=O)c2cccs2)cc1. The van der Waals surface area contributed by atoms with Crippen molar-refractivity contribution in [2.75, 3.05) is 19.4 Å². The largest absolute Gasteiger partial charge is 0.321 e. The summed E-state index contributed by atoms with van der Waals surface area (Å²) < 4.78 is 0. The van der Waals surface area contributed by atoms with E-state index in [-0.39, 0.29) is 11.8 Å². The fraction of sp³-hybridized carbons (Fsp3) is 0.143. The molecular weight excluding hydrogens is 274 g/mol. The van der Waals surface area contributed by atoms with Crippen molar-refractivity contribution < 1.29 is 9.59 Å². The molecule has 0 saturated heterocycles. The highest BCUT2D eigenvalue weighted by atomic mass is 32.1. The highest BCUT2D eigenvalue weighted by Gasteiger charge is 2.08. The van der Waals surface area contributed by atoms with Crippen LogP contribution in [0, 0.1) is 0 Å². The lowest BCUT2D eigenvalue weighted by Gasteiger charge is -2.12. The van der Waals surface area contributed by atoms with Crippen molar-refractivity contribution >= 4 is 28.8 Å². The Kier molecular flexibility index (Phi) is 4.49. The minimum absolute atomic E-state index is 0.148. The van der Waals surface area contributed by atoms with E-state index in [1.54, 1.807) is 49.4 Å². The summed E-state index contributed by atoms with van der Waals surface area (Å²) in [6.07, 6.45) is 0. The third kappa shape index (κ3) is 3.66. The summed E-state index contributed by atoms with van der Waals surface area (Å²) in [5.41, 5.74) is 3.84. The molecule has 0 aliphatic rings. The second-order valence-electron chi connectivity index (χ2n) is 4.34. The molecule has 0 atom stereocenters. The topological polar surface area (TPSA) is 61.4 Å². The van der Waals surface area contributed by atoms with Crippen molar-refractivity contribution in [1.82, 2.24) is 10.4 Å². The van der Waals surface area contributed by atoms with E-state index >= 15 is 0 Å². The number of hydrazine groups is 1. The Balaban J connectivity index is 2.01. The smallest absolute Gasteiger partial charge is 0.265 e. The molecule has 1 heterocycles. The van der Waals surface area contributed by atoms with Gasteiger partial charge in [0.05, 0.1) is 4.88 Å². The van der Waals surface area contributed by atoms with Gasteiger partial charge in [-0.3, -0.25) is 15.0 Å². The summed E-state index contributed by atoms with van der Waals surface area (Å²) in [5, 5.41) is 6.21. The van der Waals surface area contributed by atoms with E-state index in [0.717, 1.165) is 0 Å². The highest BCUT2D eigenvalue weighted by Crippen LogP contribution is 2.14. The van der Waals surface area contributed by atoms with E-state index in [1.807, 2.05) is 11.4 Å². The lowest BCUT2D eigenvalue weighted by Crippen LogP contribution is -2.36. The maximum Gasteiger partial charge on any atom is 0.265 e. The molecule has 2 amide bonds. The molecule has 0 unspecified atom stereocenters. The molecule has 0 aliphatic heterocycles. The number of carbonyl (C=O) groups is 2. The molecule has 1 aromatic carbocycles. The van der Waals surface area contributed by atoms with Crippen LogP contribution in [-0.4, -0.2) is 30.9 Å². The Hall–Kier alpha value is -2.18. The van der Waals surface area contributed by atoms with Crippen LogP contribution in [0.3, 0.4) is 0 Å². The number of benzene rings is 1. The zero-order valence-electron chi connectivity index (χ0n) is 11.2. The first-order valence-electron chi connectivity index (χ1n) is 5.99. The van der Waals surface area contributed by atoms with Crippen LogP contribution in [0.1, 0.15) is 20.0 Å². The molecule has 2 aromatic rings. The van der Waals surface area contributed by atoms with E-state index in [1.165, 1.54) is 11.3 Å². The summed E-state index contributed by atoms with van der Waals surface area (Å²) in [5.74, 6) is -0.336.